The van der Waals surface area contributed by atoms with Crippen LogP contribution in [0.5, 0.6) is 0 Å². The van der Waals surface area contributed by atoms with Crippen LogP contribution in [0.3, 0.4) is 0 Å². The van der Waals surface area contributed by atoms with E-state index in [9.17, 15) is 4.79 Å². The van der Waals surface area contributed by atoms with Gasteiger partial charge in [-0.25, -0.2) is 9.78 Å². The maximum atomic E-state index is 11.4. The van der Waals surface area contributed by atoms with Crippen molar-refractivity contribution < 1.29 is 9.53 Å². The Kier molecular flexibility index (Phi) is 4.03. The van der Waals surface area contributed by atoms with Crippen LogP contribution in [0.25, 0.3) is 0 Å². The first-order valence-electron chi connectivity index (χ1n) is 4.37. The molecule has 0 fully saturated rings. The molecule has 0 aliphatic rings. The molecule has 0 spiro atoms. The van der Waals surface area contributed by atoms with Crippen LogP contribution < -0.4 is 5.32 Å². The molecule has 1 heterocycles. The van der Waals surface area contributed by atoms with Crippen LogP contribution in [-0.4, -0.2) is 24.1 Å². The second-order valence-electron chi connectivity index (χ2n) is 3.19. The number of aromatic nitrogens is 1. The van der Waals surface area contributed by atoms with E-state index in [2.05, 4.69) is 10.3 Å². The Morgan fingerprint density at radius 3 is 2.79 bits per heavy atom. The molecule has 14 heavy (non-hydrogen) atoms. The van der Waals surface area contributed by atoms with Crippen molar-refractivity contribution in [3.05, 3.63) is 16.6 Å². The highest BCUT2D eigenvalue weighted by Gasteiger charge is 2.23. The predicted molar refractivity (Wildman–Crippen MR) is 55.1 cm³/mol. The number of carbonyl (C=O) groups excluding carboxylic acids is 1. The maximum Gasteiger partial charge on any atom is 0.329 e. The number of nitrogens with zero attached hydrogens (tertiary/aromatic N) is 1. The van der Waals surface area contributed by atoms with Gasteiger partial charge in [-0.1, -0.05) is 0 Å². The Bertz CT molecular complexity index is 285. The highest BCUT2D eigenvalue weighted by atomic mass is 32.1. The number of rotatable bonds is 4. The fourth-order valence-corrected chi connectivity index (χ4v) is 1.67. The number of methoxy groups -OCH3 is 1. The smallest absolute Gasteiger partial charge is 0.329 e. The summed E-state index contributed by atoms with van der Waals surface area (Å²) < 4.78 is 4.70. The summed E-state index contributed by atoms with van der Waals surface area (Å²) in [4.78, 5) is 15.5. The van der Waals surface area contributed by atoms with E-state index in [4.69, 9.17) is 4.74 Å². The summed E-state index contributed by atoms with van der Waals surface area (Å²) in [5.74, 6) is -0.301. The fourth-order valence-electron chi connectivity index (χ4n) is 1.09. The number of hydrogen-bond donors (Lipinski definition) is 1. The molecule has 4 nitrogen and oxygen atoms in total. The molecule has 1 N–H and O–H groups in total. The van der Waals surface area contributed by atoms with Crippen LogP contribution in [0, 0.1) is 0 Å². The Morgan fingerprint density at radius 2 is 2.36 bits per heavy atom. The Labute approximate surface area is 87.3 Å². The molecule has 0 amide bonds. The zero-order valence-corrected chi connectivity index (χ0v) is 9.30. The van der Waals surface area contributed by atoms with Crippen molar-refractivity contribution in [3.63, 3.8) is 0 Å². The number of esters is 1. The van der Waals surface area contributed by atoms with Crippen molar-refractivity contribution in [3.8, 4) is 0 Å². The molecule has 1 atom stereocenters. The number of hydrogen-bond acceptors (Lipinski definition) is 5. The lowest BCUT2D eigenvalue weighted by Gasteiger charge is -2.16. The van der Waals surface area contributed by atoms with E-state index in [0.717, 1.165) is 5.69 Å². The second kappa shape index (κ2) is 5.07. The lowest BCUT2D eigenvalue weighted by atomic mass is 10.2. The third-order valence-electron chi connectivity index (χ3n) is 1.68. The molecule has 0 saturated carbocycles. The van der Waals surface area contributed by atoms with Gasteiger partial charge in [0.1, 0.15) is 6.04 Å². The van der Waals surface area contributed by atoms with Crippen LogP contribution >= 0.6 is 11.3 Å². The number of thiazole rings is 1. The van der Waals surface area contributed by atoms with Crippen molar-refractivity contribution in [1.29, 1.82) is 0 Å². The predicted octanol–water partition coefficient (Wildman–Crippen LogP) is 1.36. The molecule has 0 radical (unpaired) electrons. The Morgan fingerprint density at radius 1 is 1.64 bits per heavy atom. The lowest BCUT2D eigenvalue weighted by Crippen LogP contribution is -2.34. The second-order valence-corrected chi connectivity index (χ2v) is 3.91. The van der Waals surface area contributed by atoms with Gasteiger partial charge in [-0.3, -0.25) is 5.32 Å². The van der Waals surface area contributed by atoms with Gasteiger partial charge < -0.3 is 4.74 Å². The molecule has 1 aromatic rings. The quantitative estimate of drug-likeness (QED) is 0.769. The first-order valence-corrected chi connectivity index (χ1v) is 5.31. The largest absolute Gasteiger partial charge is 0.468 e. The van der Waals surface area contributed by atoms with E-state index in [1.807, 2.05) is 19.2 Å². The van der Waals surface area contributed by atoms with E-state index in [1.54, 1.807) is 5.51 Å². The summed E-state index contributed by atoms with van der Waals surface area (Å²) in [5, 5.41) is 4.95. The zero-order chi connectivity index (χ0) is 10.6. The monoisotopic (exact) mass is 214 g/mol. The van der Waals surface area contributed by atoms with Gasteiger partial charge in [0.2, 0.25) is 0 Å². The van der Waals surface area contributed by atoms with E-state index in [1.165, 1.54) is 18.4 Å². The molecule has 0 aliphatic heterocycles. The van der Waals surface area contributed by atoms with Gasteiger partial charge in [0.25, 0.3) is 0 Å². The highest BCUT2D eigenvalue weighted by molar-refractivity contribution is 7.07. The van der Waals surface area contributed by atoms with Gasteiger partial charge in [-0.2, -0.15) is 0 Å². The third-order valence-corrected chi connectivity index (χ3v) is 2.29. The van der Waals surface area contributed by atoms with Crippen LogP contribution in [0.1, 0.15) is 25.6 Å². The SMILES string of the molecule is COC(=O)C(NC(C)C)c1cscn1. The summed E-state index contributed by atoms with van der Waals surface area (Å²) in [6.07, 6.45) is 0. The van der Waals surface area contributed by atoms with Gasteiger partial charge in [-0.15, -0.1) is 11.3 Å². The van der Waals surface area contributed by atoms with Gasteiger partial charge in [0.15, 0.2) is 0 Å². The minimum absolute atomic E-state index is 0.209. The molecule has 5 heteroatoms. The van der Waals surface area contributed by atoms with E-state index >= 15 is 0 Å². The minimum atomic E-state index is -0.453. The van der Waals surface area contributed by atoms with Crippen LogP contribution in [-0.2, 0) is 9.53 Å². The maximum absolute atomic E-state index is 11.4. The van der Waals surface area contributed by atoms with E-state index < -0.39 is 6.04 Å². The third kappa shape index (κ3) is 2.78. The average molecular weight is 214 g/mol. The number of carbonyl (C=O) groups is 1. The summed E-state index contributed by atoms with van der Waals surface area (Å²) >= 11 is 1.46. The molecular weight excluding hydrogens is 200 g/mol. The lowest BCUT2D eigenvalue weighted by molar-refractivity contribution is -0.143. The molecule has 0 bridgehead atoms. The van der Waals surface area contributed by atoms with Crippen molar-refractivity contribution in [2.45, 2.75) is 25.9 Å². The first kappa shape index (κ1) is 11.1. The van der Waals surface area contributed by atoms with Crippen molar-refractivity contribution in [2.75, 3.05) is 7.11 Å². The highest BCUT2D eigenvalue weighted by Crippen LogP contribution is 2.14. The van der Waals surface area contributed by atoms with Crippen LogP contribution in [0.4, 0.5) is 0 Å². The molecule has 1 aromatic heterocycles. The molecule has 1 unspecified atom stereocenters. The molecule has 78 valence electrons. The summed E-state index contributed by atoms with van der Waals surface area (Å²) in [5.41, 5.74) is 2.42. The van der Waals surface area contributed by atoms with Crippen molar-refractivity contribution >= 4 is 17.3 Å². The Balaban J connectivity index is 2.77. The van der Waals surface area contributed by atoms with Gasteiger partial charge >= 0.3 is 5.97 Å². The van der Waals surface area contributed by atoms with Gasteiger partial charge in [0.05, 0.1) is 18.3 Å². The first-order chi connectivity index (χ1) is 6.65. The molecule has 0 aliphatic carbocycles. The van der Waals surface area contributed by atoms with Crippen molar-refractivity contribution in [1.82, 2.24) is 10.3 Å². The van der Waals surface area contributed by atoms with Crippen LogP contribution in [0.2, 0.25) is 0 Å². The minimum Gasteiger partial charge on any atom is -0.468 e. The molecule has 0 saturated heterocycles. The zero-order valence-electron chi connectivity index (χ0n) is 8.48. The standard InChI is InChI=1S/C9H14N2O2S/c1-6(2)11-8(9(12)13-3)7-4-14-5-10-7/h4-6,8,11H,1-3H3. The normalized spacial score (nSPS) is 12.9. The molecular formula is C9H14N2O2S. The molecule has 1 rings (SSSR count). The van der Waals surface area contributed by atoms with Crippen LogP contribution in [0.15, 0.2) is 10.9 Å². The summed E-state index contributed by atoms with van der Waals surface area (Å²) in [7, 11) is 1.38. The number of nitrogens with one attached hydrogen (secondary N) is 1. The van der Waals surface area contributed by atoms with E-state index in [0.29, 0.717) is 0 Å². The number of ether oxygens (including phenoxy) is 1. The summed E-state index contributed by atoms with van der Waals surface area (Å²) in [6.45, 7) is 3.95. The fraction of sp³-hybridized carbons (Fsp3) is 0.556. The topological polar surface area (TPSA) is 51.2 Å². The average Bonchev–Trinajstić information content (AvgIpc) is 2.65. The van der Waals surface area contributed by atoms with Crippen molar-refractivity contribution in [2.24, 2.45) is 0 Å². The molecule has 0 aromatic carbocycles. The van der Waals surface area contributed by atoms with Gasteiger partial charge in [-0.05, 0) is 13.8 Å². The van der Waals surface area contributed by atoms with Gasteiger partial charge in [0, 0.05) is 11.4 Å². The van der Waals surface area contributed by atoms with E-state index in [-0.39, 0.29) is 12.0 Å². The summed E-state index contributed by atoms with van der Waals surface area (Å²) in [6, 6.07) is -0.243. The Hall–Kier alpha value is -0.940.